The van der Waals surface area contributed by atoms with Crippen LogP contribution >= 0.6 is 11.6 Å². The summed E-state index contributed by atoms with van der Waals surface area (Å²) in [7, 11) is 0. The van der Waals surface area contributed by atoms with Crippen LogP contribution in [0.5, 0.6) is 0 Å². The molecule has 0 amide bonds. The van der Waals surface area contributed by atoms with Crippen molar-refractivity contribution in [3.8, 4) is 5.69 Å². The molecule has 0 aliphatic rings. The van der Waals surface area contributed by atoms with Gasteiger partial charge in [0.2, 0.25) is 0 Å². The second kappa shape index (κ2) is 3.86. The lowest BCUT2D eigenvalue weighted by Gasteiger charge is -2.07. The van der Waals surface area contributed by atoms with Crippen LogP contribution in [0.3, 0.4) is 0 Å². The lowest BCUT2D eigenvalue weighted by atomic mass is 10.3. The normalized spacial score (nSPS) is 10.4. The fraction of sp³-hybridized carbons (Fsp3) is 0.0909. The van der Waals surface area contributed by atoms with E-state index in [1.165, 1.54) is 0 Å². The van der Waals surface area contributed by atoms with Gasteiger partial charge in [-0.15, -0.1) is 0 Å². The molecular formula is C11H11ClN2. The number of aromatic nitrogens is 1. The third kappa shape index (κ3) is 1.67. The minimum Gasteiger partial charge on any atom is -0.325 e. The molecule has 1 heterocycles. The van der Waals surface area contributed by atoms with Gasteiger partial charge in [-0.25, -0.2) is 0 Å². The van der Waals surface area contributed by atoms with Crippen LogP contribution in [-0.4, -0.2) is 4.57 Å². The molecule has 2 nitrogen and oxygen atoms in total. The second-order valence-corrected chi connectivity index (χ2v) is 3.49. The summed E-state index contributed by atoms with van der Waals surface area (Å²) in [5.74, 6) is 0. The van der Waals surface area contributed by atoms with Crippen molar-refractivity contribution in [3.05, 3.63) is 53.3 Å². The lowest BCUT2D eigenvalue weighted by molar-refractivity contribution is 0.912. The molecule has 2 rings (SSSR count). The maximum absolute atomic E-state index is 5.91. The van der Waals surface area contributed by atoms with Crippen LogP contribution in [0.15, 0.2) is 42.6 Å². The van der Waals surface area contributed by atoms with Crippen LogP contribution in [0.25, 0.3) is 5.69 Å². The van der Waals surface area contributed by atoms with Crippen molar-refractivity contribution in [2.24, 2.45) is 5.73 Å². The minimum absolute atomic E-state index is 0.527. The van der Waals surface area contributed by atoms with Crippen molar-refractivity contribution < 1.29 is 0 Å². The average molecular weight is 207 g/mol. The largest absolute Gasteiger partial charge is 0.325 e. The van der Waals surface area contributed by atoms with Gasteiger partial charge in [-0.05, 0) is 30.3 Å². The summed E-state index contributed by atoms with van der Waals surface area (Å²) < 4.78 is 2.03. The zero-order chi connectivity index (χ0) is 9.97. The first-order valence-corrected chi connectivity index (χ1v) is 4.81. The number of halogens is 1. The van der Waals surface area contributed by atoms with Gasteiger partial charge in [-0.2, -0.15) is 0 Å². The highest BCUT2D eigenvalue weighted by molar-refractivity contribution is 6.30. The van der Waals surface area contributed by atoms with Crippen molar-refractivity contribution in [2.45, 2.75) is 6.54 Å². The summed E-state index contributed by atoms with van der Waals surface area (Å²) in [5, 5.41) is 0.735. The van der Waals surface area contributed by atoms with Gasteiger partial charge in [-0.1, -0.05) is 17.7 Å². The molecule has 0 fully saturated rings. The van der Waals surface area contributed by atoms with Gasteiger partial charge in [0.15, 0.2) is 0 Å². The Bertz CT molecular complexity index is 434. The van der Waals surface area contributed by atoms with Crippen molar-refractivity contribution in [1.82, 2.24) is 4.57 Å². The minimum atomic E-state index is 0.527. The highest BCUT2D eigenvalue weighted by atomic mass is 35.5. The molecule has 72 valence electrons. The Kier molecular flexibility index (Phi) is 2.57. The Morgan fingerprint density at radius 3 is 2.79 bits per heavy atom. The van der Waals surface area contributed by atoms with Crippen LogP contribution in [-0.2, 0) is 6.54 Å². The van der Waals surface area contributed by atoms with E-state index in [4.69, 9.17) is 17.3 Å². The second-order valence-electron chi connectivity index (χ2n) is 3.05. The van der Waals surface area contributed by atoms with Crippen LogP contribution in [0.2, 0.25) is 5.02 Å². The van der Waals surface area contributed by atoms with Gasteiger partial charge in [0.05, 0.1) is 0 Å². The van der Waals surface area contributed by atoms with Gasteiger partial charge in [0.1, 0.15) is 0 Å². The van der Waals surface area contributed by atoms with E-state index < -0.39 is 0 Å². The van der Waals surface area contributed by atoms with E-state index in [1.54, 1.807) is 0 Å². The molecule has 0 aliphatic carbocycles. The number of rotatable bonds is 2. The van der Waals surface area contributed by atoms with E-state index in [0.717, 1.165) is 16.4 Å². The zero-order valence-electron chi connectivity index (χ0n) is 7.65. The first kappa shape index (κ1) is 9.31. The quantitative estimate of drug-likeness (QED) is 0.805. The summed E-state index contributed by atoms with van der Waals surface area (Å²) in [4.78, 5) is 0. The first-order chi connectivity index (χ1) is 6.81. The van der Waals surface area contributed by atoms with E-state index in [-0.39, 0.29) is 0 Å². The third-order valence-electron chi connectivity index (χ3n) is 2.13. The van der Waals surface area contributed by atoms with Crippen molar-refractivity contribution in [2.75, 3.05) is 0 Å². The van der Waals surface area contributed by atoms with E-state index in [0.29, 0.717) is 6.54 Å². The maximum Gasteiger partial charge on any atom is 0.0467 e. The van der Waals surface area contributed by atoms with Crippen LogP contribution < -0.4 is 5.73 Å². The van der Waals surface area contributed by atoms with E-state index in [1.807, 2.05) is 47.2 Å². The fourth-order valence-corrected chi connectivity index (χ4v) is 1.64. The van der Waals surface area contributed by atoms with Gasteiger partial charge >= 0.3 is 0 Å². The number of benzene rings is 1. The highest BCUT2D eigenvalue weighted by Gasteiger charge is 2.01. The number of nitrogens with two attached hydrogens (primary N) is 1. The Morgan fingerprint density at radius 1 is 1.21 bits per heavy atom. The summed E-state index contributed by atoms with van der Waals surface area (Å²) in [6.45, 7) is 0.527. The van der Waals surface area contributed by atoms with Crippen molar-refractivity contribution in [3.63, 3.8) is 0 Å². The van der Waals surface area contributed by atoms with Crippen molar-refractivity contribution in [1.29, 1.82) is 0 Å². The van der Waals surface area contributed by atoms with E-state index in [2.05, 4.69) is 0 Å². The molecule has 2 N–H and O–H groups in total. The smallest absolute Gasteiger partial charge is 0.0467 e. The molecule has 0 saturated heterocycles. The Hall–Kier alpha value is -1.25. The number of hydrogen-bond acceptors (Lipinski definition) is 1. The molecule has 0 atom stereocenters. The molecule has 2 aromatic rings. The fourth-order valence-electron chi connectivity index (χ4n) is 1.46. The molecule has 14 heavy (non-hydrogen) atoms. The van der Waals surface area contributed by atoms with Gasteiger partial charge < -0.3 is 10.3 Å². The summed E-state index contributed by atoms with van der Waals surface area (Å²) in [5.41, 5.74) is 7.74. The zero-order valence-corrected chi connectivity index (χ0v) is 8.41. The molecule has 0 unspecified atom stereocenters. The Balaban J connectivity index is 2.49. The monoisotopic (exact) mass is 206 g/mol. The number of hydrogen-bond donors (Lipinski definition) is 1. The van der Waals surface area contributed by atoms with E-state index in [9.17, 15) is 0 Å². The van der Waals surface area contributed by atoms with Crippen LogP contribution in [0.4, 0.5) is 0 Å². The third-order valence-corrected chi connectivity index (χ3v) is 2.36. The Morgan fingerprint density at radius 2 is 2.07 bits per heavy atom. The molecule has 0 bridgehead atoms. The lowest BCUT2D eigenvalue weighted by Crippen LogP contribution is -2.04. The SMILES string of the molecule is NCc1cccn1-c1cccc(Cl)c1. The highest BCUT2D eigenvalue weighted by Crippen LogP contribution is 2.16. The van der Waals surface area contributed by atoms with Gasteiger partial charge in [0.25, 0.3) is 0 Å². The molecular weight excluding hydrogens is 196 g/mol. The standard InChI is InChI=1S/C11H11ClN2/c12-9-3-1-4-10(7-9)14-6-2-5-11(14)8-13/h1-7H,8,13H2. The van der Waals surface area contributed by atoms with Gasteiger partial charge in [-0.3, -0.25) is 0 Å². The first-order valence-electron chi connectivity index (χ1n) is 4.43. The average Bonchev–Trinajstić information content (AvgIpc) is 2.65. The summed E-state index contributed by atoms with van der Waals surface area (Å²) in [6.07, 6.45) is 1.98. The molecule has 0 saturated carbocycles. The van der Waals surface area contributed by atoms with Gasteiger partial charge in [0, 0.05) is 29.1 Å². The van der Waals surface area contributed by atoms with Crippen molar-refractivity contribution >= 4 is 11.6 Å². The Labute approximate surface area is 87.9 Å². The predicted octanol–water partition coefficient (Wildman–Crippen LogP) is 2.59. The summed E-state index contributed by atoms with van der Waals surface area (Å²) >= 11 is 5.91. The molecule has 0 aliphatic heterocycles. The molecule has 3 heteroatoms. The molecule has 0 radical (unpaired) electrons. The molecule has 0 spiro atoms. The molecule has 1 aromatic heterocycles. The van der Waals surface area contributed by atoms with E-state index >= 15 is 0 Å². The maximum atomic E-state index is 5.91. The molecule has 1 aromatic carbocycles. The number of nitrogens with zero attached hydrogens (tertiary/aromatic N) is 1. The van der Waals surface area contributed by atoms with Crippen LogP contribution in [0.1, 0.15) is 5.69 Å². The summed E-state index contributed by atoms with van der Waals surface area (Å²) in [6, 6.07) is 11.7. The van der Waals surface area contributed by atoms with Crippen LogP contribution in [0, 0.1) is 0 Å². The topological polar surface area (TPSA) is 30.9 Å². The predicted molar refractivity (Wildman–Crippen MR) is 58.7 cm³/mol.